The van der Waals surface area contributed by atoms with E-state index >= 15 is 0 Å². The van der Waals surface area contributed by atoms with Gasteiger partial charge in [0.2, 0.25) is 0 Å². The van der Waals surface area contributed by atoms with E-state index in [1.807, 2.05) is 24.3 Å². The number of nitrogens with one attached hydrogen (secondary N) is 2. The van der Waals surface area contributed by atoms with E-state index in [2.05, 4.69) is 10.6 Å². The van der Waals surface area contributed by atoms with Gasteiger partial charge in [0.1, 0.15) is 11.3 Å². The van der Waals surface area contributed by atoms with Gasteiger partial charge in [-0.25, -0.2) is 4.79 Å². The van der Waals surface area contributed by atoms with Gasteiger partial charge in [-0.15, -0.1) is 0 Å². The van der Waals surface area contributed by atoms with Crippen LogP contribution in [-0.2, 0) is 23.3 Å². The van der Waals surface area contributed by atoms with Crippen molar-refractivity contribution in [1.82, 2.24) is 10.2 Å². The minimum Gasteiger partial charge on any atom is -0.497 e. The molecule has 4 amide bonds. The Bertz CT molecular complexity index is 1240. The first-order chi connectivity index (χ1) is 16.0. The monoisotopic (exact) mass is 441 g/mol. The van der Waals surface area contributed by atoms with Gasteiger partial charge in [0.15, 0.2) is 0 Å². The molecule has 1 unspecified atom stereocenters. The summed E-state index contributed by atoms with van der Waals surface area (Å²) in [6.45, 7) is 0.148. The molecule has 7 nitrogen and oxygen atoms in total. The van der Waals surface area contributed by atoms with Gasteiger partial charge >= 0.3 is 6.03 Å². The van der Waals surface area contributed by atoms with Crippen LogP contribution in [0, 0.1) is 0 Å². The highest BCUT2D eigenvalue weighted by atomic mass is 16.5. The van der Waals surface area contributed by atoms with Crippen molar-refractivity contribution < 1.29 is 19.1 Å². The second-order valence-corrected chi connectivity index (χ2v) is 8.26. The Balaban J connectivity index is 1.28. The average Bonchev–Trinajstić information content (AvgIpc) is 3.33. The van der Waals surface area contributed by atoms with Crippen molar-refractivity contribution in [3.8, 4) is 5.75 Å². The number of anilines is 1. The predicted molar refractivity (Wildman–Crippen MR) is 123 cm³/mol. The van der Waals surface area contributed by atoms with E-state index in [-0.39, 0.29) is 18.4 Å². The number of nitrogens with zero attached hydrogens (tertiary/aromatic N) is 1. The molecular weight excluding hydrogens is 418 g/mol. The zero-order valence-corrected chi connectivity index (χ0v) is 18.1. The van der Waals surface area contributed by atoms with E-state index in [1.165, 1.54) is 4.90 Å². The van der Waals surface area contributed by atoms with Crippen LogP contribution in [0.3, 0.4) is 0 Å². The number of carbonyl (C=O) groups is 3. The molecule has 0 saturated carbocycles. The lowest BCUT2D eigenvalue weighted by Gasteiger charge is -2.22. The van der Waals surface area contributed by atoms with E-state index < -0.39 is 11.6 Å². The van der Waals surface area contributed by atoms with Gasteiger partial charge in [0.25, 0.3) is 11.8 Å². The second-order valence-electron chi connectivity index (χ2n) is 8.26. The smallest absolute Gasteiger partial charge is 0.325 e. The topological polar surface area (TPSA) is 87.7 Å². The Kier molecular flexibility index (Phi) is 5.09. The van der Waals surface area contributed by atoms with E-state index in [4.69, 9.17) is 4.74 Å². The Labute approximate surface area is 191 Å². The van der Waals surface area contributed by atoms with Crippen LogP contribution in [0.25, 0.3) is 0 Å². The van der Waals surface area contributed by atoms with Gasteiger partial charge in [0, 0.05) is 11.3 Å². The van der Waals surface area contributed by atoms with Gasteiger partial charge in [-0.1, -0.05) is 36.4 Å². The number of ether oxygens (including phenoxy) is 1. The number of benzene rings is 3. The lowest BCUT2D eigenvalue weighted by molar-refractivity contribution is -0.132. The summed E-state index contributed by atoms with van der Waals surface area (Å²) in [6.07, 6.45) is 1.33. The standard InChI is InChI=1S/C26H23N3O4/c1-33-21-12-10-20(11-13-21)27-23(30)19-8-6-17(7-9-19)16-29-24(31)26(28-25(29)32)15-14-18-4-2-3-5-22(18)26/h2-13H,14-16H2,1H3,(H,27,30)(H,28,32). The van der Waals surface area contributed by atoms with E-state index in [9.17, 15) is 14.4 Å². The summed E-state index contributed by atoms with van der Waals surface area (Å²) in [7, 11) is 1.58. The fourth-order valence-corrected chi connectivity index (χ4v) is 4.55. The number of hydrogen-bond acceptors (Lipinski definition) is 4. The number of imide groups is 1. The van der Waals surface area contributed by atoms with Crippen LogP contribution in [0.1, 0.15) is 33.5 Å². The number of urea groups is 1. The van der Waals surface area contributed by atoms with Crippen molar-refractivity contribution in [3.63, 3.8) is 0 Å². The maximum absolute atomic E-state index is 13.3. The van der Waals surface area contributed by atoms with Crippen molar-refractivity contribution in [2.45, 2.75) is 24.9 Å². The van der Waals surface area contributed by atoms with Crippen LogP contribution in [0.2, 0.25) is 0 Å². The molecule has 166 valence electrons. The molecule has 0 radical (unpaired) electrons. The Hall–Kier alpha value is -4.13. The first kappa shape index (κ1) is 20.8. The summed E-state index contributed by atoms with van der Waals surface area (Å²) < 4.78 is 5.12. The number of rotatable bonds is 5. The van der Waals surface area contributed by atoms with Crippen molar-refractivity contribution in [1.29, 1.82) is 0 Å². The minimum atomic E-state index is -0.966. The third kappa shape index (κ3) is 3.61. The number of amides is 4. The Morgan fingerprint density at radius 3 is 2.48 bits per heavy atom. The zero-order valence-electron chi connectivity index (χ0n) is 18.1. The molecule has 0 bridgehead atoms. The molecule has 1 atom stereocenters. The van der Waals surface area contributed by atoms with Crippen molar-refractivity contribution in [3.05, 3.63) is 95.1 Å². The predicted octanol–water partition coefficient (Wildman–Crippen LogP) is 3.84. The van der Waals surface area contributed by atoms with Gasteiger partial charge in [0.05, 0.1) is 13.7 Å². The number of hydrogen-bond donors (Lipinski definition) is 2. The van der Waals surface area contributed by atoms with Crippen LogP contribution in [0.5, 0.6) is 5.75 Å². The van der Waals surface area contributed by atoms with Crippen LogP contribution < -0.4 is 15.4 Å². The molecule has 0 aromatic heterocycles. The quantitative estimate of drug-likeness (QED) is 0.589. The highest BCUT2D eigenvalue weighted by molar-refractivity contribution is 6.08. The molecule has 3 aromatic carbocycles. The van der Waals surface area contributed by atoms with Crippen LogP contribution in [0.4, 0.5) is 10.5 Å². The molecule has 1 spiro atoms. The van der Waals surface area contributed by atoms with Gasteiger partial charge < -0.3 is 15.4 Å². The largest absolute Gasteiger partial charge is 0.497 e. The van der Waals surface area contributed by atoms with Gasteiger partial charge in [-0.05, 0) is 65.9 Å². The number of carbonyl (C=O) groups excluding carboxylic acids is 3. The number of fused-ring (bicyclic) bond motifs is 2. The lowest BCUT2D eigenvalue weighted by atomic mass is 9.92. The molecule has 2 aliphatic rings. The molecule has 7 heteroatoms. The second kappa shape index (κ2) is 8.09. The molecule has 1 heterocycles. The van der Waals surface area contributed by atoms with Gasteiger partial charge in [-0.3, -0.25) is 14.5 Å². The molecule has 3 aromatic rings. The summed E-state index contributed by atoms with van der Waals surface area (Å²) in [6, 6.07) is 21.3. The zero-order chi connectivity index (χ0) is 23.0. The first-order valence-corrected chi connectivity index (χ1v) is 10.8. The summed E-state index contributed by atoms with van der Waals surface area (Å²) in [5.74, 6) is 0.239. The molecule has 1 saturated heterocycles. The summed E-state index contributed by atoms with van der Waals surface area (Å²) >= 11 is 0. The minimum absolute atomic E-state index is 0.148. The number of methoxy groups -OCH3 is 1. The Morgan fingerprint density at radius 2 is 1.76 bits per heavy atom. The molecule has 5 rings (SSSR count). The van der Waals surface area contributed by atoms with Gasteiger partial charge in [-0.2, -0.15) is 0 Å². The average molecular weight is 441 g/mol. The summed E-state index contributed by atoms with van der Waals surface area (Å²) in [5, 5.41) is 5.77. The summed E-state index contributed by atoms with van der Waals surface area (Å²) in [4.78, 5) is 39.8. The maximum Gasteiger partial charge on any atom is 0.325 e. The van der Waals surface area contributed by atoms with Crippen molar-refractivity contribution in [2.24, 2.45) is 0 Å². The highest BCUT2D eigenvalue weighted by Crippen LogP contribution is 2.41. The maximum atomic E-state index is 13.3. The van der Waals surface area contributed by atoms with Crippen LogP contribution in [-0.4, -0.2) is 29.9 Å². The van der Waals surface area contributed by atoms with E-state index in [1.54, 1.807) is 55.6 Å². The Morgan fingerprint density at radius 1 is 1.03 bits per heavy atom. The molecular formula is C26H23N3O4. The van der Waals surface area contributed by atoms with Crippen molar-refractivity contribution in [2.75, 3.05) is 12.4 Å². The fourth-order valence-electron chi connectivity index (χ4n) is 4.55. The third-order valence-corrected chi connectivity index (χ3v) is 6.33. The van der Waals surface area contributed by atoms with Crippen LogP contribution in [0.15, 0.2) is 72.8 Å². The highest BCUT2D eigenvalue weighted by Gasteiger charge is 2.55. The van der Waals surface area contributed by atoms with Crippen LogP contribution >= 0.6 is 0 Å². The molecule has 1 fully saturated rings. The van der Waals surface area contributed by atoms with Crippen molar-refractivity contribution >= 4 is 23.5 Å². The normalized spacial score (nSPS) is 18.9. The molecule has 1 aliphatic heterocycles. The van der Waals surface area contributed by atoms with E-state index in [0.717, 1.165) is 23.1 Å². The molecule has 2 N–H and O–H groups in total. The molecule has 1 aliphatic carbocycles. The fraction of sp³-hybridized carbons (Fsp3) is 0.192. The summed E-state index contributed by atoms with van der Waals surface area (Å²) in [5.41, 5.74) is 2.92. The third-order valence-electron chi connectivity index (χ3n) is 6.33. The SMILES string of the molecule is COc1ccc(NC(=O)c2ccc(CN3C(=O)NC4(CCc5ccccc54)C3=O)cc2)cc1. The number of aryl methyl sites for hydroxylation is 1. The lowest BCUT2D eigenvalue weighted by Crippen LogP contribution is -2.41. The first-order valence-electron chi connectivity index (χ1n) is 10.8. The van der Waals surface area contributed by atoms with E-state index in [0.29, 0.717) is 23.4 Å². The molecule has 33 heavy (non-hydrogen) atoms.